The van der Waals surface area contributed by atoms with Crippen molar-refractivity contribution in [3.63, 3.8) is 0 Å². The molecule has 4 heterocycles. The van der Waals surface area contributed by atoms with Gasteiger partial charge in [-0.15, -0.1) is 11.3 Å². The highest BCUT2D eigenvalue weighted by Gasteiger charge is 2.45. The zero-order valence-corrected chi connectivity index (χ0v) is 17.8. The molecule has 1 aliphatic heterocycles. The number of fused-ring (bicyclic) bond motifs is 1. The van der Waals surface area contributed by atoms with Crippen LogP contribution in [0.2, 0.25) is 0 Å². The van der Waals surface area contributed by atoms with Crippen LogP contribution in [0.3, 0.4) is 0 Å². The topological polar surface area (TPSA) is 92.9 Å². The summed E-state index contributed by atoms with van der Waals surface area (Å²) in [4.78, 5) is 33.1. The number of hydrogen-bond donors (Lipinski definition) is 1. The molecule has 0 aliphatic carbocycles. The summed E-state index contributed by atoms with van der Waals surface area (Å²) in [6.45, 7) is 0.150. The molecule has 0 saturated carbocycles. The van der Waals surface area contributed by atoms with Gasteiger partial charge in [0.15, 0.2) is 22.9 Å². The molecule has 0 fully saturated rings. The average molecular weight is 446 g/mol. The Balaban J connectivity index is 1.58. The number of aromatic nitrogens is 1. The number of aliphatic hydroxyl groups excluding tert-OH is 1. The molecule has 1 atom stereocenters. The number of furan rings is 1. The number of nitrogens with zero attached hydrogens (tertiary/aromatic N) is 2. The molecule has 1 unspecified atom stereocenters. The molecule has 1 N–H and O–H groups in total. The van der Waals surface area contributed by atoms with Gasteiger partial charge in [-0.25, -0.2) is 0 Å². The fourth-order valence-corrected chi connectivity index (χ4v) is 4.74. The summed E-state index contributed by atoms with van der Waals surface area (Å²) in [5, 5.41) is 13.3. The van der Waals surface area contributed by atoms with E-state index in [9.17, 15) is 14.7 Å². The maximum atomic E-state index is 13.5. The molecule has 8 heteroatoms. The number of para-hydroxylation sites is 1. The van der Waals surface area contributed by atoms with Crippen molar-refractivity contribution < 1.29 is 23.8 Å². The quantitative estimate of drug-likeness (QED) is 0.433. The summed E-state index contributed by atoms with van der Waals surface area (Å²) in [5.74, 6) is -1.22. The van der Waals surface area contributed by atoms with Crippen molar-refractivity contribution in [2.24, 2.45) is 0 Å². The molecule has 3 aromatic heterocycles. The van der Waals surface area contributed by atoms with Crippen LogP contribution in [0.4, 0.5) is 0 Å². The highest BCUT2D eigenvalue weighted by Crippen LogP contribution is 2.42. The van der Waals surface area contributed by atoms with Crippen molar-refractivity contribution in [3.05, 3.63) is 93.8 Å². The number of aliphatic hydroxyl groups is 1. The lowest BCUT2D eigenvalue weighted by molar-refractivity contribution is -0.130. The van der Waals surface area contributed by atoms with Gasteiger partial charge in [0.25, 0.3) is 5.91 Å². The minimum atomic E-state index is -0.743. The first-order valence-corrected chi connectivity index (χ1v) is 10.7. The lowest BCUT2D eigenvalue weighted by Crippen LogP contribution is -2.30. The lowest BCUT2D eigenvalue weighted by Gasteiger charge is -2.25. The predicted molar refractivity (Wildman–Crippen MR) is 119 cm³/mol. The van der Waals surface area contributed by atoms with E-state index in [2.05, 4.69) is 4.98 Å². The van der Waals surface area contributed by atoms with Gasteiger partial charge in [0, 0.05) is 16.5 Å². The van der Waals surface area contributed by atoms with E-state index in [-0.39, 0.29) is 17.9 Å². The van der Waals surface area contributed by atoms with Crippen LogP contribution in [0.15, 0.2) is 81.9 Å². The smallest absolute Gasteiger partial charge is 0.290 e. The molecule has 1 aliphatic rings. The number of methoxy groups -OCH3 is 1. The van der Waals surface area contributed by atoms with Crippen LogP contribution in [0.5, 0.6) is 5.75 Å². The molecule has 7 nitrogen and oxygen atoms in total. The fourth-order valence-electron chi connectivity index (χ4n) is 3.90. The number of ether oxygens (including phenoxy) is 1. The summed E-state index contributed by atoms with van der Waals surface area (Å²) in [6, 6.07) is 15.3. The van der Waals surface area contributed by atoms with Crippen molar-refractivity contribution in [1.82, 2.24) is 9.88 Å². The Morgan fingerprint density at radius 2 is 2.09 bits per heavy atom. The molecule has 160 valence electrons. The van der Waals surface area contributed by atoms with Gasteiger partial charge in [-0.1, -0.05) is 24.3 Å². The zero-order valence-electron chi connectivity index (χ0n) is 17.0. The number of pyridine rings is 1. The molecular formula is C24H18N2O5S. The van der Waals surface area contributed by atoms with E-state index in [1.165, 1.54) is 23.3 Å². The number of Topliss-reactive ketones (excluding diaryl/α,β-unsaturated/α-hetero) is 1. The van der Waals surface area contributed by atoms with Crippen LogP contribution < -0.4 is 4.74 Å². The molecule has 4 aromatic rings. The highest BCUT2D eigenvalue weighted by atomic mass is 32.1. The van der Waals surface area contributed by atoms with Crippen molar-refractivity contribution in [1.29, 1.82) is 0 Å². The third-order valence-corrected chi connectivity index (χ3v) is 6.30. The maximum absolute atomic E-state index is 13.5. The molecule has 1 aromatic carbocycles. The number of ketones is 1. The predicted octanol–water partition coefficient (Wildman–Crippen LogP) is 4.68. The van der Waals surface area contributed by atoms with Gasteiger partial charge in [0.1, 0.15) is 6.04 Å². The van der Waals surface area contributed by atoms with Crippen LogP contribution in [-0.2, 0) is 11.3 Å². The molecule has 32 heavy (non-hydrogen) atoms. The number of hydrogen-bond acceptors (Lipinski definition) is 7. The number of rotatable bonds is 6. The summed E-state index contributed by atoms with van der Waals surface area (Å²) in [6.07, 6.45) is 1.64. The minimum absolute atomic E-state index is 0.00796. The number of carbonyl (C=O) groups is 2. The van der Waals surface area contributed by atoms with Gasteiger partial charge in [-0.05, 0) is 35.7 Å². The normalized spacial score (nSPS) is 16.2. The fraction of sp³-hybridized carbons (Fsp3) is 0.125. The van der Waals surface area contributed by atoms with Gasteiger partial charge in [0.05, 0.1) is 24.9 Å². The van der Waals surface area contributed by atoms with Gasteiger partial charge in [0.2, 0.25) is 5.78 Å². The van der Waals surface area contributed by atoms with E-state index in [0.717, 1.165) is 4.88 Å². The molecule has 0 spiro atoms. The van der Waals surface area contributed by atoms with Gasteiger partial charge < -0.3 is 19.2 Å². The molecule has 0 bridgehead atoms. The molecule has 0 saturated heterocycles. The van der Waals surface area contributed by atoms with E-state index in [0.29, 0.717) is 22.4 Å². The van der Waals surface area contributed by atoms with Crippen LogP contribution in [0.25, 0.3) is 11.0 Å². The van der Waals surface area contributed by atoms with Crippen molar-refractivity contribution in [2.75, 3.05) is 7.11 Å². The molecule has 1 amide bonds. The van der Waals surface area contributed by atoms with Crippen LogP contribution >= 0.6 is 11.3 Å². The summed E-state index contributed by atoms with van der Waals surface area (Å²) >= 11 is 1.40. The van der Waals surface area contributed by atoms with Crippen LogP contribution in [-0.4, -0.2) is 33.8 Å². The Labute approximate surface area is 187 Å². The summed E-state index contributed by atoms with van der Waals surface area (Å²) in [5.41, 5.74) is 1.07. The van der Waals surface area contributed by atoms with Gasteiger partial charge >= 0.3 is 0 Å². The first-order valence-electron chi connectivity index (χ1n) is 9.87. The van der Waals surface area contributed by atoms with E-state index in [4.69, 9.17) is 9.15 Å². The first kappa shape index (κ1) is 20.0. The Kier molecular flexibility index (Phi) is 4.99. The molecular weight excluding hydrogens is 428 g/mol. The Bertz CT molecular complexity index is 1340. The third-order valence-electron chi connectivity index (χ3n) is 5.37. The number of amides is 1. The van der Waals surface area contributed by atoms with Gasteiger partial charge in [-0.2, -0.15) is 0 Å². The number of benzene rings is 1. The Morgan fingerprint density at radius 1 is 1.22 bits per heavy atom. The van der Waals surface area contributed by atoms with Crippen molar-refractivity contribution >= 4 is 34.0 Å². The second kappa shape index (κ2) is 7.97. The maximum Gasteiger partial charge on any atom is 0.290 e. The average Bonchev–Trinajstić information content (AvgIpc) is 3.54. The van der Waals surface area contributed by atoms with E-state index < -0.39 is 23.5 Å². The van der Waals surface area contributed by atoms with Crippen LogP contribution in [0.1, 0.15) is 27.2 Å². The summed E-state index contributed by atoms with van der Waals surface area (Å²) in [7, 11) is 1.52. The Hall–Kier alpha value is -3.91. The standard InChI is InChI=1S/C24H18N2O5S/c1-30-16-8-4-6-14-12-17(31-23(14)16)21(27)19-20(18-9-5-11-32-18)26(24(29)22(19)28)13-15-7-2-3-10-25-15/h2-12,20,28H,13H2,1H3. The second-order valence-corrected chi connectivity index (χ2v) is 8.23. The van der Waals surface area contributed by atoms with Crippen LogP contribution in [0, 0.1) is 0 Å². The van der Waals surface area contributed by atoms with Gasteiger partial charge in [-0.3, -0.25) is 14.6 Å². The monoisotopic (exact) mass is 446 g/mol. The second-order valence-electron chi connectivity index (χ2n) is 7.25. The highest BCUT2D eigenvalue weighted by molar-refractivity contribution is 7.10. The zero-order chi connectivity index (χ0) is 22.2. The third kappa shape index (κ3) is 3.25. The first-order chi connectivity index (χ1) is 15.6. The minimum Gasteiger partial charge on any atom is -0.503 e. The SMILES string of the molecule is COc1cccc2cc(C(=O)C3=C(O)C(=O)N(Cc4ccccn4)C3c3cccs3)oc12. The number of thiophene rings is 1. The molecule has 5 rings (SSSR count). The van der Waals surface area contributed by atoms with E-state index in [1.54, 1.807) is 42.6 Å². The van der Waals surface area contributed by atoms with Crippen molar-refractivity contribution in [2.45, 2.75) is 12.6 Å². The van der Waals surface area contributed by atoms with E-state index >= 15 is 0 Å². The molecule has 0 radical (unpaired) electrons. The lowest BCUT2D eigenvalue weighted by atomic mass is 10.00. The summed E-state index contributed by atoms with van der Waals surface area (Å²) < 4.78 is 11.1. The van der Waals surface area contributed by atoms with E-state index in [1.807, 2.05) is 23.6 Å². The van der Waals surface area contributed by atoms with Crippen molar-refractivity contribution in [3.8, 4) is 5.75 Å². The Morgan fingerprint density at radius 3 is 2.81 bits per heavy atom. The largest absolute Gasteiger partial charge is 0.503 e. The number of carbonyl (C=O) groups excluding carboxylic acids is 2.